The molecule has 0 saturated carbocycles. The van der Waals surface area contributed by atoms with Crippen molar-refractivity contribution in [1.29, 1.82) is 0 Å². The molecule has 2 fully saturated rings. The fourth-order valence-corrected chi connectivity index (χ4v) is 5.70. The number of amides is 2. The molecule has 0 bridgehead atoms. The number of carbonyl (C=O) groups excluding carboxylic acids is 2. The summed E-state index contributed by atoms with van der Waals surface area (Å²) in [5, 5.41) is 8.65. The van der Waals surface area contributed by atoms with Crippen LogP contribution in [0, 0.1) is 12.7 Å². The highest BCUT2D eigenvalue weighted by atomic mass is 32.2. The number of hydrogen-bond acceptors (Lipinski definition) is 6. The molecule has 6 nitrogen and oxygen atoms in total. The van der Waals surface area contributed by atoms with Crippen molar-refractivity contribution >= 4 is 63.3 Å². The number of carbonyl (C=O) groups is 2. The normalized spacial score (nSPS) is 23.1. The van der Waals surface area contributed by atoms with Gasteiger partial charge in [0.15, 0.2) is 0 Å². The molecule has 2 aromatic carbocycles. The Morgan fingerprint density at radius 3 is 2.73 bits per heavy atom. The molecule has 2 aliphatic rings. The fraction of sp³-hybridized carbons (Fsp3) is 0.250. The van der Waals surface area contributed by atoms with E-state index in [1.165, 1.54) is 47.8 Å². The van der Waals surface area contributed by atoms with Gasteiger partial charge in [-0.3, -0.25) is 14.9 Å². The molecule has 0 radical (unpaired) electrons. The van der Waals surface area contributed by atoms with Crippen LogP contribution in [-0.4, -0.2) is 38.8 Å². The van der Waals surface area contributed by atoms with E-state index >= 15 is 0 Å². The molecule has 3 atom stereocenters. The summed E-state index contributed by atoms with van der Waals surface area (Å²) in [5.74, 6) is -0.596. The number of aryl methyl sites for hydroxylation is 1. The van der Waals surface area contributed by atoms with Gasteiger partial charge in [-0.2, -0.15) is 0 Å². The molecule has 2 aromatic rings. The van der Waals surface area contributed by atoms with Crippen molar-refractivity contribution in [2.24, 2.45) is 0 Å². The average Bonchev–Trinajstić information content (AvgIpc) is 3.05. The van der Waals surface area contributed by atoms with Crippen LogP contribution < -0.4 is 20.9 Å². The molecule has 2 aliphatic heterocycles. The number of thioether (sulfide) groups is 2. The molecule has 2 amide bonds. The number of rotatable bonds is 5. The molecular weight excluding hydrogens is 443 g/mol. The van der Waals surface area contributed by atoms with Crippen LogP contribution in [0.25, 0.3) is 0 Å². The van der Waals surface area contributed by atoms with Crippen molar-refractivity contribution in [3.63, 3.8) is 0 Å². The summed E-state index contributed by atoms with van der Waals surface area (Å²) >= 11 is 8.18. The third-order valence-corrected chi connectivity index (χ3v) is 7.35. The number of benzene rings is 2. The first-order valence-electron chi connectivity index (χ1n) is 9.21. The molecule has 0 aliphatic carbocycles. The zero-order valence-corrected chi connectivity index (χ0v) is 18.4. The molecular formula is C20H19FN4O2S3. The number of para-hydroxylation sites is 1. The number of thiocarbonyl (C=S) groups is 1. The van der Waals surface area contributed by atoms with Crippen LogP contribution in [0.2, 0.25) is 0 Å². The van der Waals surface area contributed by atoms with E-state index in [1.807, 2.05) is 36.1 Å². The maximum absolute atomic E-state index is 13.0. The van der Waals surface area contributed by atoms with E-state index in [4.69, 9.17) is 12.2 Å². The predicted molar refractivity (Wildman–Crippen MR) is 124 cm³/mol. The fourth-order valence-electron chi connectivity index (χ4n) is 3.31. The van der Waals surface area contributed by atoms with Gasteiger partial charge < -0.3 is 15.5 Å². The quantitative estimate of drug-likeness (QED) is 0.590. The number of halogens is 1. The molecule has 3 unspecified atom stereocenters. The summed E-state index contributed by atoms with van der Waals surface area (Å²) < 4.78 is 13.6. The lowest BCUT2D eigenvalue weighted by molar-refractivity contribution is -0.122. The summed E-state index contributed by atoms with van der Waals surface area (Å²) in [4.78, 5) is 26.9. The zero-order chi connectivity index (χ0) is 21.3. The van der Waals surface area contributed by atoms with E-state index in [9.17, 15) is 14.0 Å². The lowest BCUT2D eigenvalue weighted by atomic mass is 10.1. The standard InChI is InChI=1S/C20H19FN4O2S3/c1-11-4-2-3-5-14(11)25-17-16(30-20(25)28)18(27)24-19(23-17)29-10-15(26)22-13-8-6-12(21)7-9-13/h2-9,16-17,19,23H,10H2,1H3,(H,22,26)(H,24,27). The van der Waals surface area contributed by atoms with Crippen molar-refractivity contribution < 1.29 is 14.0 Å². The molecule has 2 saturated heterocycles. The van der Waals surface area contributed by atoms with Gasteiger partial charge in [-0.25, -0.2) is 4.39 Å². The Balaban J connectivity index is 1.41. The lowest BCUT2D eigenvalue weighted by Crippen LogP contribution is -2.64. The Hall–Kier alpha value is -2.14. The smallest absolute Gasteiger partial charge is 0.238 e. The SMILES string of the molecule is Cc1ccccc1N1C(=S)SC2C(=O)NC(SCC(=O)Nc3ccc(F)cc3)NC21. The lowest BCUT2D eigenvalue weighted by Gasteiger charge is -2.37. The Labute approximate surface area is 187 Å². The number of hydrogen-bond donors (Lipinski definition) is 3. The first-order valence-corrected chi connectivity index (χ1v) is 11.5. The van der Waals surface area contributed by atoms with Crippen molar-refractivity contribution in [2.45, 2.75) is 23.8 Å². The topological polar surface area (TPSA) is 73.5 Å². The molecule has 30 heavy (non-hydrogen) atoms. The zero-order valence-electron chi connectivity index (χ0n) is 15.9. The van der Waals surface area contributed by atoms with Gasteiger partial charge in [0.1, 0.15) is 27.1 Å². The van der Waals surface area contributed by atoms with Crippen LogP contribution in [0.5, 0.6) is 0 Å². The van der Waals surface area contributed by atoms with Gasteiger partial charge in [-0.1, -0.05) is 42.2 Å². The highest BCUT2D eigenvalue weighted by molar-refractivity contribution is 8.24. The minimum Gasteiger partial charge on any atom is -0.331 e. The van der Waals surface area contributed by atoms with E-state index in [-0.39, 0.29) is 34.8 Å². The van der Waals surface area contributed by atoms with Crippen LogP contribution in [0.1, 0.15) is 5.56 Å². The first kappa shape index (κ1) is 21.1. The molecule has 156 valence electrons. The molecule has 0 spiro atoms. The van der Waals surface area contributed by atoms with E-state index in [0.717, 1.165) is 11.3 Å². The van der Waals surface area contributed by atoms with Gasteiger partial charge in [0.25, 0.3) is 0 Å². The van der Waals surface area contributed by atoms with Gasteiger partial charge >= 0.3 is 0 Å². The highest BCUT2D eigenvalue weighted by Gasteiger charge is 2.48. The van der Waals surface area contributed by atoms with Gasteiger partial charge in [-0.05, 0) is 42.8 Å². The van der Waals surface area contributed by atoms with Gasteiger partial charge in [-0.15, -0.1) is 11.8 Å². The van der Waals surface area contributed by atoms with Crippen LogP contribution in [0.3, 0.4) is 0 Å². The highest BCUT2D eigenvalue weighted by Crippen LogP contribution is 2.38. The van der Waals surface area contributed by atoms with Crippen molar-refractivity contribution in [3.05, 3.63) is 59.9 Å². The summed E-state index contributed by atoms with van der Waals surface area (Å²) in [7, 11) is 0. The largest absolute Gasteiger partial charge is 0.331 e. The van der Waals surface area contributed by atoms with Crippen molar-refractivity contribution in [1.82, 2.24) is 10.6 Å². The second-order valence-electron chi connectivity index (χ2n) is 6.83. The Bertz CT molecular complexity index is 988. The summed E-state index contributed by atoms with van der Waals surface area (Å²) in [6, 6.07) is 13.5. The van der Waals surface area contributed by atoms with E-state index in [2.05, 4.69) is 16.0 Å². The van der Waals surface area contributed by atoms with Crippen molar-refractivity contribution in [2.75, 3.05) is 16.0 Å². The van der Waals surface area contributed by atoms with Crippen LogP contribution in [0.15, 0.2) is 48.5 Å². The summed E-state index contributed by atoms with van der Waals surface area (Å²) in [6.45, 7) is 2.00. The second-order valence-corrected chi connectivity index (χ2v) is 9.70. The van der Waals surface area contributed by atoms with Crippen LogP contribution >= 0.6 is 35.7 Å². The van der Waals surface area contributed by atoms with Gasteiger partial charge in [0, 0.05) is 11.4 Å². The van der Waals surface area contributed by atoms with Crippen LogP contribution in [0.4, 0.5) is 15.8 Å². The maximum Gasteiger partial charge on any atom is 0.238 e. The molecule has 10 heteroatoms. The minimum absolute atomic E-state index is 0.112. The van der Waals surface area contributed by atoms with Gasteiger partial charge in [0.2, 0.25) is 11.8 Å². The summed E-state index contributed by atoms with van der Waals surface area (Å²) in [6.07, 6.45) is -0.296. The number of fused-ring (bicyclic) bond motifs is 1. The minimum atomic E-state index is -0.439. The monoisotopic (exact) mass is 462 g/mol. The van der Waals surface area contributed by atoms with Crippen LogP contribution in [-0.2, 0) is 9.59 Å². The molecule has 3 N–H and O–H groups in total. The van der Waals surface area contributed by atoms with E-state index in [1.54, 1.807) is 0 Å². The molecule has 4 rings (SSSR count). The van der Waals surface area contributed by atoms with E-state index < -0.39 is 5.50 Å². The Morgan fingerprint density at radius 1 is 1.27 bits per heavy atom. The molecule has 0 aromatic heterocycles. The first-order chi connectivity index (χ1) is 14.4. The third kappa shape index (κ3) is 4.46. The van der Waals surface area contributed by atoms with Crippen molar-refractivity contribution in [3.8, 4) is 0 Å². The average molecular weight is 463 g/mol. The van der Waals surface area contributed by atoms with E-state index in [0.29, 0.717) is 10.0 Å². The van der Waals surface area contributed by atoms with Gasteiger partial charge in [0.05, 0.1) is 5.75 Å². The Kier molecular flexibility index (Phi) is 6.28. The number of anilines is 2. The second kappa shape index (κ2) is 8.93. The molecule has 2 heterocycles. The summed E-state index contributed by atoms with van der Waals surface area (Å²) in [5.41, 5.74) is 2.11. The number of nitrogens with zero attached hydrogens (tertiary/aromatic N) is 1. The third-order valence-electron chi connectivity index (χ3n) is 4.73. The number of nitrogens with one attached hydrogen (secondary N) is 3. The maximum atomic E-state index is 13.0. The predicted octanol–water partition coefficient (Wildman–Crippen LogP) is 3.04. The Morgan fingerprint density at radius 2 is 2.00 bits per heavy atom.